The van der Waals surface area contributed by atoms with Gasteiger partial charge in [-0.15, -0.1) is 0 Å². The predicted molar refractivity (Wildman–Crippen MR) is 77.5 cm³/mol. The van der Waals surface area contributed by atoms with Gasteiger partial charge in [-0.25, -0.2) is 0 Å². The number of anilines is 1. The van der Waals surface area contributed by atoms with E-state index in [2.05, 4.69) is 33.0 Å². The molecule has 1 aromatic carbocycles. The second-order valence-corrected chi connectivity index (χ2v) is 5.22. The summed E-state index contributed by atoms with van der Waals surface area (Å²) in [6.07, 6.45) is 0.713. The van der Waals surface area contributed by atoms with Crippen molar-refractivity contribution in [3.8, 4) is 0 Å². The van der Waals surface area contributed by atoms with Crippen LogP contribution in [0.5, 0.6) is 0 Å². The molecule has 1 amide bonds. The zero-order valence-corrected chi connectivity index (χ0v) is 11.7. The van der Waals surface area contributed by atoms with E-state index in [9.17, 15) is 4.79 Å². The molecule has 0 saturated heterocycles. The summed E-state index contributed by atoms with van der Waals surface area (Å²) < 4.78 is 0. The Morgan fingerprint density at radius 2 is 2.05 bits per heavy atom. The molecule has 2 aromatic rings. The molecule has 104 valence electrons. The van der Waals surface area contributed by atoms with E-state index in [-0.39, 0.29) is 11.9 Å². The smallest absolute Gasteiger partial charge is 0.243 e. The third kappa shape index (κ3) is 2.32. The summed E-state index contributed by atoms with van der Waals surface area (Å²) in [7, 11) is 0. The fourth-order valence-electron chi connectivity index (χ4n) is 2.45. The molecule has 0 unspecified atom stereocenters. The number of carbonyl (C=O) groups is 1. The maximum atomic E-state index is 12.3. The number of H-pyrrole nitrogens is 1. The second kappa shape index (κ2) is 5.09. The molecule has 2 heterocycles. The van der Waals surface area contributed by atoms with Gasteiger partial charge >= 0.3 is 0 Å². The molecule has 1 aliphatic rings. The molecule has 1 aliphatic heterocycles. The van der Waals surface area contributed by atoms with E-state index >= 15 is 0 Å². The molecule has 5 nitrogen and oxygen atoms in total. The van der Waals surface area contributed by atoms with Crippen molar-refractivity contribution < 1.29 is 4.79 Å². The SMILES string of the molecule is Cc1[nH]nc(NC(=O)[C@@H]2Cc3ccccc3CN2)c1C. The Morgan fingerprint density at radius 3 is 2.75 bits per heavy atom. The van der Waals surface area contributed by atoms with Crippen LogP contribution in [0.3, 0.4) is 0 Å². The first kappa shape index (κ1) is 12.9. The standard InChI is InChI=1S/C15H18N4O/c1-9-10(2)18-19-14(9)17-15(20)13-7-11-5-3-4-6-12(11)8-16-13/h3-6,13,16H,7-8H2,1-2H3,(H2,17,18,19,20)/t13-/m0/s1. The third-order valence-electron chi connectivity index (χ3n) is 3.89. The van der Waals surface area contributed by atoms with E-state index in [1.54, 1.807) is 0 Å². The van der Waals surface area contributed by atoms with Gasteiger partial charge in [0.15, 0.2) is 5.82 Å². The van der Waals surface area contributed by atoms with Gasteiger partial charge in [-0.2, -0.15) is 5.10 Å². The number of aromatic amines is 1. The fraction of sp³-hybridized carbons (Fsp3) is 0.333. The average Bonchev–Trinajstić information content (AvgIpc) is 2.78. The number of fused-ring (bicyclic) bond motifs is 1. The molecule has 0 saturated carbocycles. The van der Waals surface area contributed by atoms with Crippen LogP contribution in [0, 0.1) is 13.8 Å². The van der Waals surface area contributed by atoms with E-state index in [0.29, 0.717) is 12.2 Å². The quantitative estimate of drug-likeness (QED) is 0.777. The third-order valence-corrected chi connectivity index (χ3v) is 3.89. The van der Waals surface area contributed by atoms with Crippen LogP contribution >= 0.6 is 0 Å². The number of aryl methyl sites for hydroxylation is 1. The van der Waals surface area contributed by atoms with Crippen LogP contribution in [0.15, 0.2) is 24.3 Å². The van der Waals surface area contributed by atoms with Crippen LogP contribution in [0.2, 0.25) is 0 Å². The largest absolute Gasteiger partial charge is 0.308 e. The van der Waals surface area contributed by atoms with Crippen molar-refractivity contribution in [2.75, 3.05) is 5.32 Å². The van der Waals surface area contributed by atoms with Gasteiger partial charge in [0, 0.05) is 17.8 Å². The highest BCUT2D eigenvalue weighted by atomic mass is 16.2. The van der Waals surface area contributed by atoms with Crippen molar-refractivity contribution in [3.63, 3.8) is 0 Å². The number of nitrogens with one attached hydrogen (secondary N) is 3. The summed E-state index contributed by atoms with van der Waals surface area (Å²) in [5.74, 6) is 0.585. The predicted octanol–water partition coefficient (Wildman–Crippen LogP) is 1.68. The average molecular weight is 270 g/mol. The van der Waals surface area contributed by atoms with Crippen LogP contribution in [-0.2, 0) is 17.8 Å². The summed E-state index contributed by atoms with van der Waals surface area (Å²) in [4.78, 5) is 12.3. The van der Waals surface area contributed by atoms with Gasteiger partial charge in [-0.05, 0) is 31.4 Å². The summed E-state index contributed by atoms with van der Waals surface area (Å²) >= 11 is 0. The Balaban J connectivity index is 1.72. The molecular formula is C15H18N4O. The van der Waals surface area contributed by atoms with E-state index in [0.717, 1.165) is 17.8 Å². The highest BCUT2D eigenvalue weighted by Crippen LogP contribution is 2.18. The molecule has 0 aliphatic carbocycles. The van der Waals surface area contributed by atoms with Crippen LogP contribution in [0.1, 0.15) is 22.4 Å². The Morgan fingerprint density at radius 1 is 1.30 bits per heavy atom. The van der Waals surface area contributed by atoms with Gasteiger partial charge < -0.3 is 10.6 Å². The lowest BCUT2D eigenvalue weighted by Crippen LogP contribution is -2.44. The number of nitrogens with zero attached hydrogens (tertiary/aromatic N) is 1. The van der Waals surface area contributed by atoms with Crippen molar-refractivity contribution in [3.05, 3.63) is 46.6 Å². The van der Waals surface area contributed by atoms with Gasteiger partial charge in [-0.1, -0.05) is 24.3 Å². The zero-order valence-electron chi connectivity index (χ0n) is 11.7. The lowest BCUT2D eigenvalue weighted by atomic mass is 9.95. The second-order valence-electron chi connectivity index (χ2n) is 5.22. The summed E-state index contributed by atoms with van der Waals surface area (Å²) in [6.45, 7) is 4.61. The van der Waals surface area contributed by atoms with Gasteiger partial charge in [0.2, 0.25) is 5.91 Å². The Labute approximate surface area is 117 Å². The Hall–Kier alpha value is -2.14. The number of benzene rings is 1. The van der Waals surface area contributed by atoms with E-state index in [1.807, 2.05) is 26.0 Å². The van der Waals surface area contributed by atoms with Crippen molar-refractivity contribution in [2.24, 2.45) is 0 Å². The van der Waals surface area contributed by atoms with Crippen molar-refractivity contribution in [1.82, 2.24) is 15.5 Å². The van der Waals surface area contributed by atoms with Gasteiger partial charge in [0.25, 0.3) is 0 Å². The van der Waals surface area contributed by atoms with Crippen molar-refractivity contribution in [2.45, 2.75) is 32.9 Å². The lowest BCUT2D eigenvalue weighted by Gasteiger charge is -2.25. The minimum absolute atomic E-state index is 0.0332. The first-order valence-corrected chi connectivity index (χ1v) is 6.77. The molecule has 20 heavy (non-hydrogen) atoms. The lowest BCUT2D eigenvalue weighted by molar-refractivity contribution is -0.118. The minimum atomic E-state index is -0.207. The Kier molecular flexibility index (Phi) is 3.28. The summed E-state index contributed by atoms with van der Waals surface area (Å²) in [5.41, 5.74) is 4.46. The molecule has 3 rings (SSSR count). The monoisotopic (exact) mass is 270 g/mol. The summed E-state index contributed by atoms with van der Waals surface area (Å²) in [5, 5.41) is 13.1. The van der Waals surface area contributed by atoms with E-state index in [1.165, 1.54) is 11.1 Å². The Bertz CT molecular complexity index is 647. The number of amides is 1. The molecule has 3 N–H and O–H groups in total. The zero-order chi connectivity index (χ0) is 14.1. The molecule has 0 spiro atoms. The van der Waals surface area contributed by atoms with Gasteiger partial charge in [0.1, 0.15) is 0 Å². The highest BCUT2D eigenvalue weighted by Gasteiger charge is 2.24. The van der Waals surface area contributed by atoms with Crippen LogP contribution in [-0.4, -0.2) is 22.1 Å². The number of hydrogen-bond donors (Lipinski definition) is 3. The normalized spacial score (nSPS) is 17.6. The van der Waals surface area contributed by atoms with Gasteiger partial charge in [-0.3, -0.25) is 9.89 Å². The minimum Gasteiger partial charge on any atom is -0.308 e. The number of rotatable bonds is 2. The summed E-state index contributed by atoms with van der Waals surface area (Å²) in [6, 6.07) is 8.01. The molecule has 1 aromatic heterocycles. The molecule has 0 radical (unpaired) electrons. The van der Waals surface area contributed by atoms with Crippen LogP contribution in [0.25, 0.3) is 0 Å². The number of aromatic nitrogens is 2. The van der Waals surface area contributed by atoms with Gasteiger partial charge in [0.05, 0.1) is 6.04 Å². The van der Waals surface area contributed by atoms with Crippen molar-refractivity contribution >= 4 is 11.7 Å². The maximum absolute atomic E-state index is 12.3. The molecular weight excluding hydrogens is 252 g/mol. The van der Waals surface area contributed by atoms with Crippen molar-refractivity contribution in [1.29, 1.82) is 0 Å². The molecule has 0 fully saturated rings. The number of carbonyl (C=O) groups excluding carboxylic acids is 1. The topological polar surface area (TPSA) is 69.8 Å². The first-order chi connectivity index (χ1) is 9.65. The maximum Gasteiger partial charge on any atom is 0.243 e. The molecule has 1 atom stereocenters. The molecule has 0 bridgehead atoms. The van der Waals surface area contributed by atoms with Crippen LogP contribution in [0.4, 0.5) is 5.82 Å². The van der Waals surface area contributed by atoms with E-state index in [4.69, 9.17) is 0 Å². The van der Waals surface area contributed by atoms with Crippen LogP contribution < -0.4 is 10.6 Å². The molecule has 5 heteroatoms. The first-order valence-electron chi connectivity index (χ1n) is 6.77. The number of hydrogen-bond acceptors (Lipinski definition) is 3. The fourth-order valence-corrected chi connectivity index (χ4v) is 2.45. The highest BCUT2D eigenvalue weighted by molar-refractivity contribution is 5.95. The van der Waals surface area contributed by atoms with E-state index < -0.39 is 0 Å².